The lowest BCUT2D eigenvalue weighted by molar-refractivity contribution is -0.131. The number of carbonyl (C=O) groups excluding carboxylic acids is 3. The summed E-state index contributed by atoms with van der Waals surface area (Å²) in [4.78, 5) is 34.5. The second-order valence-corrected chi connectivity index (χ2v) is 6.44. The number of ketones is 1. The minimum atomic E-state index is -0.566. The Morgan fingerprint density at radius 3 is 1.86 bits per heavy atom. The average molecular weight is 298 g/mol. The molecule has 0 fully saturated rings. The van der Waals surface area contributed by atoms with Gasteiger partial charge in [-0.15, -0.1) is 0 Å². The molecule has 5 nitrogen and oxygen atoms in total. The van der Waals surface area contributed by atoms with Crippen molar-refractivity contribution < 1.29 is 14.4 Å². The van der Waals surface area contributed by atoms with Gasteiger partial charge in [-0.3, -0.25) is 14.4 Å². The van der Waals surface area contributed by atoms with Crippen molar-refractivity contribution in [3.05, 3.63) is 0 Å². The summed E-state index contributed by atoms with van der Waals surface area (Å²) >= 11 is 0. The lowest BCUT2D eigenvalue weighted by Crippen LogP contribution is -2.48. The molecule has 0 bridgehead atoms. The van der Waals surface area contributed by atoms with Crippen LogP contribution in [-0.2, 0) is 14.4 Å². The second-order valence-electron chi connectivity index (χ2n) is 6.44. The maximum absolute atomic E-state index is 12.1. The lowest BCUT2D eigenvalue weighted by atomic mass is 9.78. The molecule has 0 aromatic carbocycles. The minimum Gasteiger partial charge on any atom is -0.351 e. The van der Waals surface area contributed by atoms with Crippen LogP contribution in [0.2, 0.25) is 0 Å². The smallest absolute Gasteiger partial charge is 0.226 e. The fourth-order valence-electron chi connectivity index (χ4n) is 2.33. The van der Waals surface area contributed by atoms with Gasteiger partial charge in [-0.05, 0) is 32.6 Å². The Bertz CT molecular complexity index is 385. The van der Waals surface area contributed by atoms with Crippen molar-refractivity contribution in [1.82, 2.24) is 10.6 Å². The molecule has 0 rings (SSSR count). The lowest BCUT2D eigenvalue weighted by Gasteiger charge is -2.35. The van der Waals surface area contributed by atoms with E-state index in [4.69, 9.17) is 0 Å². The molecule has 5 heteroatoms. The highest BCUT2D eigenvalue weighted by Gasteiger charge is 2.33. The van der Waals surface area contributed by atoms with Gasteiger partial charge in [0.25, 0.3) is 0 Å². The van der Waals surface area contributed by atoms with E-state index in [2.05, 4.69) is 10.6 Å². The molecule has 21 heavy (non-hydrogen) atoms. The Labute approximate surface area is 128 Å². The fraction of sp³-hybridized carbons (Fsp3) is 0.812. The van der Waals surface area contributed by atoms with Crippen LogP contribution in [0, 0.1) is 5.41 Å². The van der Waals surface area contributed by atoms with Crippen molar-refractivity contribution in [2.24, 2.45) is 5.41 Å². The van der Waals surface area contributed by atoms with E-state index in [1.165, 1.54) is 13.8 Å². The number of amides is 2. The molecule has 0 spiro atoms. The Morgan fingerprint density at radius 1 is 0.952 bits per heavy atom. The summed E-state index contributed by atoms with van der Waals surface area (Å²) in [7, 11) is 0. The Balaban J connectivity index is 4.72. The predicted molar refractivity (Wildman–Crippen MR) is 83.8 cm³/mol. The Hall–Kier alpha value is -1.39. The van der Waals surface area contributed by atoms with Crippen molar-refractivity contribution >= 4 is 17.6 Å². The summed E-state index contributed by atoms with van der Waals surface area (Å²) in [6.07, 6.45) is 3.04. The highest BCUT2D eigenvalue weighted by Crippen LogP contribution is 2.30. The molecule has 0 radical (unpaired) electrons. The summed E-state index contributed by atoms with van der Waals surface area (Å²) in [6.45, 7) is 10.9. The van der Waals surface area contributed by atoms with Gasteiger partial charge >= 0.3 is 0 Å². The molecule has 2 N–H and O–H groups in total. The van der Waals surface area contributed by atoms with E-state index in [-0.39, 0.29) is 29.7 Å². The predicted octanol–water partition coefficient (Wildman–Crippen LogP) is 2.19. The van der Waals surface area contributed by atoms with Gasteiger partial charge in [-0.1, -0.05) is 27.7 Å². The third-order valence-corrected chi connectivity index (χ3v) is 4.14. The van der Waals surface area contributed by atoms with Crippen molar-refractivity contribution in [3.63, 3.8) is 0 Å². The molecule has 122 valence electrons. The highest BCUT2D eigenvalue weighted by atomic mass is 16.2. The van der Waals surface area contributed by atoms with E-state index < -0.39 is 5.41 Å². The van der Waals surface area contributed by atoms with Gasteiger partial charge < -0.3 is 10.6 Å². The number of rotatable bonds is 9. The first-order chi connectivity index (χ1) is 9.58. The first-order valence-corrected chi connectivity index (χ1v) is 7.65. The standard InChI is InChI=1S/C16H30N2O3/c1-7-16(8-2,18-13(4)20)10-9-15(5,6)14(21)17-11-12(3)19/h7-11H2,1-6H3,(H,17,21)(H,18,20). The normalized spacial score (nSPS) is 11.9. The van der Waals surface area contributed by atoms with E-state index >= 15 is 0 Å². The summed E-state index contributed by atoms with van der Waals surface area (Å²) in [6, 6.07) is 0. The van der Waals surface area contributed by atoms with Crippen LogP contribution in [0.15, 0.2) is 0 Å². The summed E-state index contributed by atoms with van der Waals surface area (Å²) in [5, 5.41) is 5.69. The summed E-state index contributed by atoms with van der Waals surface area (Å²) in [5.74, 6) is -0.229. The molecule has 0 aromatic heterocycles. The maximum Gasteiger partial charge on any atom is 0.226 e. The molecule has 0 unspecified atom stereocenters. The minimum absolute atomic E-state index is 0.0439. The van der Waals surface area contributed by atoms with Crippen LogP contribution >= 0.6 is 0 Å². The van der Waals surface area contributed by atoms with Gasteiger partial charge in [-0.2, -0.15) is 0 Å². The molecule has 0 saturated heterocycles. The number of hydrogen-bond donors (Lipinski definition) is 2. The topological polar surface area (TPSA) is 75.3 Å². The van der Waals surface area contributed by atoms with Gasteiger partial charge in [0.1, 0.15) is 5.78 Å². The summed E-state index contributed by atoms with van der Waals surface area (Å²) in [5.41, 5.74) is -0.826. The fourth-order valence-corrected chi connectivity index (χ4v) is 2.33. The zero-order valence-electron chi connectivity index (χ0n) is 14.3. The molecule has 0 atom stereocenters. The first kappa shape index (κ1) is 19.6. The zero-order valence-corrected chi connectivity index (χ0v) is 14.3. The SMILES string of the molecule is CCC(CC)(CCC(C)(C)C(=O)NCC(C)=O)NC(C)=O. The van der Waals surface area contributed by atoms with E-state index in [0.717, 1.165) is 19.3 Å². The molecule has 0 aliphatic heterocycles. The Morgan fingerprint density at radius 2 is 1.48 bits per heavy atom. The second kappa shape index (κ2) is 8.15. The molecule has 0 saturated carbocycles. The molecule has 0 heterocycles. The summed E-state index contributed by atoms with van der Waals surface area (Å²) < 4.78 is 0. The maximum atomic E-state index is 12.1. The van der Waals surface area contributed by atoms with Crippen molar-refractivity contribution in [3.8, 4) is 0 Å². The van der Waals surface area contributed by atoms with Gasteiger partial charge in [0.15, 0.2) is 0 Å². The van der Waals surface area contributed by atoms with Crippen LogP contribution < -0.4 is 10.6 Å². The molecule has 0 aliphatic carbocycles. The molecule has 0 aliphatic rings. The van der Waals surface area contributed by atoms with Crippen LogP contribution in [0.1, 0.15) is 67.2 Å². The third-order valence-electron chi connectivity index (χ3n) is 4.14. The number of carbonyl (C=O) groups is 3. The van der Waals surface area contributed by atoms with Crippen LogP contribution in [-0.4, -0.2) is 29.7 Å². The molecule has 0 aromatic rings. The third kappa shape index (κ3) is 6.74. The van der Waals surface area contributed by atoms with E-state index in [9.17, 15) is 14.4 Å². The zero-order chi connectivity index (χ0) is 16.7. The molecule has 2 amide bonds. The van der Waals surface area contributed by atoms with Crippen molar-refractivity contribution in [2.75, 3.05) is 6.54 Å². The highest BCUT2D eigenvalue weighted by molar-refractivity contribution is 5.87. The number of nitrogens with one attached hydrogen (secondary N) is 2. The van der Waals surface area contributed by atoms with Crippen LogP contribution in [0.25, 0.3) is 0 Å². The van der Waals surface area contributed by atoms with Gasteiger partial charge in [0.2, 0.25) is 11.8 Å². The average Bonchev–Trinajstić information content (AvgIpc) is 2.40. The van der Waals surface area contributed by atoms with Crippen molar-refractivity contribution in [2.45, 2.75) is 72.8 Å². The number of hydrogen-bond acceptors (Lipinski definition) is 3. The molecular weight excluding hydrogens is 268 g/mol. The van der Waals surface area contributed by atoms with Crippen LogP contribution in [0.5, 0.6) is 0 Å². The Kier molecular flexibility index (Phi) is 7.61. The van der Waals surface area contributed by atoms with Crippen LogP contribution in [0.4, 0.5) is 0 Å². The largest absolute Gasteiger partial charge is 0.351 e. The van der Waals surface area contributed by atoms with Crippen molar-refractivity contribution in [1.29, 1.82) is 0 Å². The van der Waals surface area contributed by atoms with E-state index in [1.54, 1.807) is 0 Å². The van der Waals surface area contributed by atoms with E-state index in [1.807, 2.05) is 27.7 Å². The quantitative estimate of drug-likeness (QED) is 0.685. The van der Waals surface area contributed by atoms with E-state index in [0.29, 0.717) is 6.42 Å². The van der Waals surface area contributed by atoms with Gasteiger partial charge in [-0.25, -0.2) is 0 Å². The monoisotopic (exact) mass is 298 g/mol. The first-order valence-electron chi connectivity index (χ1n) is 7.65. The number of Topliss-reactive ketones (excluding diaryl/α,β-unsaturated/α-hetero) is 1. The van der Waals surface area contributed by atoms with Gasteiger partial charge in [0, 0.05) is 17.9 Å². The van der Waals surface area contributed by atoms with Crippen LogP contribution in [0.3, 0.4) is 0 Å². The molecular formula is C16H30N2O3. The van der Waals surface area contributed by atoms with Gasteiger partial charge in [0.05, 0.1) is 6.54 Å².